The van der Waals surface area contributed by atoms with Gasteiger partial charge in [0, 0.05) is 24.2 Å². The zero-order valence-corrected chi connectivity index (χ0v) is 10.4. The van der Waals surface area contributed by atoms with Crippen molar-refractivity contribution in [2.24, 2.45) is 5.41 Å². The molecule has 0 aliphatic rings. The van der Waals surface area contributed by atoms with Crippen molar-refractivity contribution in [3.05, 3.63) is 42.0 Å². The molecule has 0 unspecified atom stereocenters. The number of ketones is 1. The summed E-state index contributed by atoms with van der Waals surface area (Å²) in [6.07, 6.45) is 1.68. The number of allylic oxidation sites excluding steroid dienone is 1. The van der Waals surface area contributed by atoms with Gasteiger partial charge in [-0.2, -0.15) is 0 Å². The summed E-state index contributed by atoms with van der Waals surface area (Å²) in [4.78, 5) is 11.9. The first-order chi connectivity index (χ1) is 7.45. The third-order valence-electron chi connectivity index (χ3n) is 2.37. The van der Waals surface area contributed by atoms with Crippen LogP contribution in [0.5, 0.6) is 0 Å². The lowest BCUT2D eigenvalue weighted by molar-refractivity contribution is -0.121. The minimum atomic E-state index is -0.336. The standard InChI is InChI=1S/C14H19NO/c1-14(2,3)13(16)10-12(15-4)11-8-6-5-7-9-11/h5-10,15H,1-4H3/b12-10-. The molecule has 0 spiro atoms. The average molecular weight is 217 g/mol. The number of hydrogen-bond acceptors (Lipinski definition) is 2. The molecule has 1 aromatic rings. The molecule has 0 aliphatic heterocycles. The van der Waals surface area contributed by atoms with Crippen molar-refractivity contribution in [2.45, 2.75) is 20.8 Å². The summed E-state index contributed by atoms with van der Waals surface area (Å²) < 4.78 is 0. The Kier molecular flexibility index (Phi) is 3.88. The van der Waals surface area contributed by atoms with E-state index in [1.807, 2.05) is 58.2 Å². The van der Waals surface area contributed by atoms with E-state index in [1.165, 1.54) is 0 Å². The van der Waals surface area contributed by atoms with Gasteiger partial charge in [0.15, 0.2) is 5.78 Å². The van der Waals surface area contributed by atoms with Crippen molar-refractivity contribution in [3.8, 4) is 0 Å². The number of carbonyl (C=O) groups excluding carboxylic acids is 1. The predicted molar refractivity (Wildman–Crippen MR) is 67.9 cm³/mol. The molecule has 0 radical (unpaired) electrons. The first-order valence-corrected chi connectivity index (χ1v) is 5.44. The van der Waals surface area contributed by atoms with Crippen LogP contribution in [0.15, 0.2) is 36.4 Å². The SMILES string of the molecule is CN/C(=C\C(=O)C(C)(C)C)c1ccccc1. The van der Waals surface area contributed by atoms with Gasteiger partial charge < -0.3 is 5.32 Å². The van der Waals surface area contributed by atoms with Crippen molar-refractivity contribution < 1.29 is 4.79 Å². The van der Waals surface area contributed by atoms with Crippen LogP contribution in [0, 0.1) is 5.41 Å². The molecule has 0 bridgehead atoms. The van der Waals surface area contributed by atoms with E-state index in [9.17, 15) is 4.79 Å². The van der Waals surface area contributed by atoms with Gasteiger partial charge in [-0.15, -0.1) is 0 Å². The summed E-state index contributed by atoms with van der Waals surface area (Å²) in [6.45, 7) is 5.76. The van der Waals surface area contributed by atoms with E-state index in [0.717, 1.165) is 11.3 Å². The molecule has 86 valence electrons. The highest BCUT2D eigenvalue weighted by Crippen LogP contribution is 2.18. The van der Waals surface area contributed by atoms with Crippen LogP contribution >= 0.6 is 0 Å². The third kappa shape index (κ3) is 3.23. The van der Waals surface area contributed by atoms with Crippen LogP contribution in [0.2, 0.25) is 0 Å². The van der Waals surface area contributed by atoms with Crippen LogP contribution in [0.1, 0.15) is 26.3 Å². The Morgan fingerprint density at radius 2 is 1.75 bits per heavy atom. The van der Waals surface area contributed by atoms with Gasteiger partial charge in [0.25, 0.3) is 0 Å². The fraction of sp³-hybridized carbons (Fsp3) is 0.357. The number of rotatable bonds is 3. The molecule has 1 N–H and O–H groups in total. The summed E-state index contributed by atoms with van der Waals surface area (Å²) >= 11 is 0. The van der Waals surface area contributed by atoms with Gasteiger partial charge in [-0.3, -0.25) is 4.79 Å². The lowest BCUT2D eigenvalue weighted by Gasteiger charge is -2.15. The van der Waals surface area contributed by atoms with E-state index >= 15 is 0 Å². The van der Waals surface area contributed by atoms with Crippen molar-refractivity contribution in [1.29, 1.82) is 0 Å². The molecule has 16 heavy (non-hydrogen) atoms. The molecule has 0 saturated heterocycles. The van der Waals surface area contributed by atoms with Gasteiger partial charge in [-0.05, 0) is 5.56 Å². The maximum Gasteiger partial charge on any atom is 0.163 e. The Morgan fingerprint density at radius 1 is 1.19 bits per heavy atom. The summed E-state index contributed by atoms with van der Waals surface area (Å²) in [5.41, 5.74) is 1.56. The van der Waals surface area contributed by atoms with E-state index in [4.69, 9.17) is 0 Å². The van der Waals surface area contributed by atoms with Crippen LogP contribution in [-0.4, -0.2) is 12.8 Å². The van der Waals surface area contributed by atoms with Crippen LogP contribution in [0.3, 0.4) is 0 Å². The van der Waals surface area contributed by atoms with E-state index < -0.39 is 0 Å². The quantitative estimate of drug-likeness (QED) is 0.789. The molecule has 0 saturated carbocycles. The first-order valence-electron chi connectivity index (χ1n) is 5.44. The second kappa shape index (κ2) is 4.97. The first kappa shape index (κ1) is 12.5. The Bertz CT molecular complexity index is 385. The second-order valence-electron chi connectivity index (χ2n) is 4.79. The Hall–Kier alpha value is -1.57. The molecule has 0 aromatic heterocycles. The average Bonchev–Trinajstić information content (AvgIpc) is 2.25. The number of nitrogens with one attached hydrogen (secondary N) is 1. The normalized spacial score (nSPS) is 12.4. The number of hydrogen-bond donors (Lipinski definition) is 1. The molecule has 2 heteroatoms. The van der Waals surface area contributed by atoms with E-state index in [1.54, 1.807) is 6.08 Å². The highest BCUT2D eigenvalue weighted by atomic mass is 16.1. The van der Waals surface area contributed by atoms with Crippen molar-refractivity contribution in [1.82, 2.24) is 5.32 Å². The molecule has 0 atom stereocenters. The lowest BCUT2D eigenvalue weighted by Crippen LogP contribution is -2.19. The summed E-state index contributed by atoms with van der Waals surface area (Å²) in [7, 11) is 1.83. The predicted octanol–water partition coefficient (Wildman–Crippen LogP) is 2.86. The van der Waals surface area contributed by atoms with Crippen LogP contribution in [0.4, 0.5) is 0 Å². The fourth-order valence-electron chi connectivity index (χ4n) is 1.27. The number of carbonyl (C=O) groups is 1. The maximum absolute atomic E-state index is 11.9. The molecule has 1 rings (SSSR count). The van der Waals surface area contributed by atoms with Gasteiger partial charge in [0.05, 0.1) is 0 Å². The highest BCUT2D eigenvalue weighted by molar-refractivity contribution is 5.99. The summed E-state index contributed by atoms with van der Waals surface area (Å²) in [5, 5.41) is 3.06. The molecular weight excluding hydrogens is 198 g/mol. The Balaban J connectivity index is 3.00. The molecule has 0 aliphatic carbocycles. The zero-order valence-electron chi connectivity index (χ0n) is 10.4. The van der Waals surface area contributed by atoms with Crippen molar-refractivity contribution in [3.63, 3.8) is 0 Å². The monoisotopic (exact) mass is 217 g/mol. The Morgan fingerprint density at radius 3 is 2.19 bits per heavy atom. The van der Waals surface area contributed by atoms with Crippen LogP contribution < -0.4 is 5.32 Å². The summed E-state index contributed by atoms with van der Waals surface area (Å²) in [5.74, 6) is 0.126. The van der Waals surface area contributed by atoms with E-state index in [-0.39, 0.29) is 11.2 Å². The van der Waals surface area contributed by atoms with Gasteiger partial charge in [-0.25, -0.2) is 0 Å². The zero-order chi connectivity index (χ0) is 12.2. The second-order valence-corrected chi connectivity index (χ2v) is 4.79. The van der Waals surface area contributed by atoms with Gasteiger partial charge in [0.1, 0.15) is 0 Å². The molecule has 2 nitrogen and oxygen atoms in total. The van der Waals surface area contributed by atoms with Gasteiger partial charge in [0.2, 0.25) is 0 Å². The maximum atomic E-state index is 11.9. The minimum Gasteiger partial charge on any atom is -0.388 e. The molecule has 0 fully saturated rings. The topological polar surface area (TPSA) is 29.1 Å². The van der Waals surface area contributed by atoms with E-state index in [0.29, 0.717) is 0 Å². The molecule has 0 heterocycles. The van der Waals surface area contributed by atoms with Crippen molar-refractivity contribution in [2.75, 3.05) is 7.05 Å². The highest BCUT2D eigenvalue weighted by Gasteiger charge is 2.19. The fourth-order valence-corrected chi connectivity index (χ4v) is 1.27. The Labute approximate surface area is 97.4 Å². The summed E-state index contributed by atoms with van der Waals surface area (Å²) in [6, 6.07) is 9.85. The molecular formula is C14H19NO. The number of benzene rings is 1. The molecule has 0 amide bonds. The van der Waals surface area contributed by atoms with Crippen molar-refractivity contribution >= 4 is 11.5 Å². The van der Waals surface area contributed by atoms with Gasteiger partial charge >= 0.3 is 0 Å². The van der Waals surface area contributed by atoms with Crippen LogP contribution in [0.25, 0.3) is 5.70 Å². The largest absolute Gasteiger partial charge is 0.388 e. The minimum absolute atomic E-state index is 0.126. The smallest absolute Gasteiger partial charge is 0.163 e. The third-order valence-corrected chi connectivity index (χ3v) is 2.37. The lowest BCUT2D eigenvalue weighted by atomic mass is 9.90. The van der Waals surface area contributed by atoms with E-state index in [2.05, 4.69) is 5.32 Å². The molecule has 1 aromatic carbocycles. The van der Waals surface area contributed by atoms with Gasteiger partial charge in [-0.1, -0.05) is 51.1 Å². The van der Waals surface area contributed by atoms with Crippen LogP contribution in [-0.2, 0) is 4.79 Å².